The molecule has 2 aliphatic heterocycles. The topological polar surface area (TPSA) is 84.6 Å². The van der Waals surface area contributed by atoms with Gasteiger partial charge in [-0.15, -0.1) is 0 Å². The van der Waals surface area contributed by atoms with Gasteiger partial charge in [0, 0.05) is 18.7 Å². The molecule has 1 unspecified atom stereocenters. The highest BCUT2D eigenvalue weighted by Gasteiger charge is 2.34. The van der Waals surface area contributed by atoms with E-state index >= 15 is 0 Å². The van der Waals surface area contributed by atoms with E-state index in [4.69, 9.17) is 10.5 Å². The highest BCUT2D eigenvalue weighted by Crippen LogP contribution is 2.33. The van der Waals surface area contributed by atoms with E-state index in [9.17, 15) is 4.79 Å². The zero-order chi connectivity index (χ0) is 18.5. The molecule has 0 aromatic carbocycles. The molecule has 2 aliphatic rings. The number of anilines is 2. The zero-order valence-electron chi connectivity index (χ0n) is 16.0. The van der Waals surface area contributed by atoms with Crippen molar-refractivity contribution < 1.29 is 9.53 Å². The van der Waals surface area contributed by atoms with E-state index in [1.54, 1.807) is 4.90 Å². The Bertz CT molecular complexity index is 635. The van der Waals surface area contributed by atoms with Gasteiger partial charge in [0.15, 0.2) is 0 Å². The maximum atomic E-state index is 12.6. The summed E-state index contributed by atoms with van der Waals surface area (Å²) in [7, 11) is 0. The molecule has 1 saturated heterocycles. The van der Waals surface area contributed by atoms with Gasteiger partial charge in [-0.3, -0.25) is 9.69 Å². The van der Waals surface area contributed by atoms with Crippen LogP contribution in [0.4, 0.5) is 11.6 Å². The smallest absolute Gasteiger partial charge is 0.320 e. The molecule has 0 spiro atoms. The third kappa shape index (κ3) is 4.26. The van der Waals surface area contributed by atoms with Gasteiger partial charge in [-0.1, -0.05) is 20.3 Å². The van der Waals surface area contributed by atoms with E-state index in [2.05, 4.69) is 28.7 Å². The van der Waals surface area contributed by atoms with Crippen LogP contribution < -0.4 is 15.4 Å². The first-order chi connectivity index (χ1) is 12.6. The van der Waals surface area contributed by atoms with Crippen LogP contribution in [0.15, 0.2) is 0 Å². The number of ether oxygens (including phenoxy) is 1. The molecule has 1 fully saturated rings. The Labute approximate surface area is 155 Å². The number of nitrogens with zero attached hydrogens (tertiary/aromatic N) is 4. The first kappa shape index (κ1) is 18.9. The molecule has 1 aromatic heterocycles. The number of rotatable bonds is 8. The number of piperidine rings is 1. The lowest BCUT2D eigenvalue weighted by Crippen LogP contribution is -2.42. The molecule has 3 rings (SSSR count). The Morgan fingerprint density at radius 3 is 2.88 bits per heavy atom. The summed E-state index contributed by atoms with van der Waals surface area (Å²) in [6, 6.07) is 0.283. The van der Waals surface area contributed by atoms with E-state index in [0.717, 1.165) is 37.9 Å². The second kappa shape index (κ2) is 8.66. The summed E-state index contributed by atoms with van der Waals surface area (Å²) in [4.78, 5) is 25.6. The van der Waals surface area contributed by atoms with Gasteiger partial charge in [-0.2, -0.15) is 9.97 Å². The van der Waals surface area contributed by atoms with Gasteiger partial charge in [-0.05, 0) is 44.7 Å². The van der Waals surface area contributed by atoms with E-state index in [1.807, 2.05) is 0 Å². The van der Waals surface area contributed by atoms with Crippen LogP contribution in [0, 0.1) is 5.92 Å². The van der Waals surface area contributed by atoms with Gasteiger partial charge in [0.25, 0.3) is 0 Å². The fourth-order valence-corrected chi connectivity index (χ4v) is 3.86. The lowest BCUT2D eigenvalue weighted by Gasteiger charge is -2.34. The number of unbranched alkanes of at least 4 members (excludes halogenated alkanes) is 1. The maximum absolute atomic E-state index is 12.6. The number of amides is 1. The minimum absolute atomic E-state index is 0.0688. The number of aromatic nitrogens is 2. The average Bonchev–Trinajstić information content (AvgIpc) is 2.93. The van der Waals surface area contributed by atoms with Crippen LogP contribution in [0.2, 0.25) is 0 Å². The molecule has 0 radical (unpaired) electrons. The van der Waals surface area contributed by atoms with E-state index < -0.39 is 0 Å². The fourth-order valence-electron chi connectivity index (χ4n) is 3.86. The Balaban J connectivity index is 1.72. The van der Waals surface area contributed by atoms with Crippen LogP contribution in [-0.2, 0) is 11.2 Å². The standard InChI is InChI=1S/C19H31N5O2/c1-3-5-10-26-19-21-17(20)15-11-16(25)24(18(15)22-19)13-14-7-6-9-23(12-14)8-4-2/h14H,3-13H2,1-2H3,(H2,20,21,22). The number of hydrogen-bond donors (Lipinski definition) is 1. The second-order valence-electron chi connectivity index (χ2n) is 7.39. The Morgan fingerprint density at radius 2 is 2.12 bits per heavy atom. The lowest BCUT2D eigenvalue weighted by molar-refractivity contribution is -0.117. The van der Waals surface area contributed by atoms with Crippen molar-refractivity contribution in [1.29, 1.82) is 0 Å². The van der Waals surface area contributed by atoms with Gasteiger partial charge < -0.3 is 15.4 Å². The van der Waals surface area contributed by atoms with Gasteiger partial charge in [-0.25, -0.2) is 0 Å². The molecular weight excluding hydrogens is 330 g/mol. The Hall–Kier alpha value is -1.89. The van der Waals surface area contributed by atoms with E-state index in [0.29, 0.717) is 37.1 Å². The SMILES string of the molecule is CCCCOc1nc(N)c2c(n1)N(CC1CCCN(CCC)C1)C(=O)C2. The van der Waals surface area contributed by atoms with Crippen molar-refractivity contribution in [2.75, 3.05) is 43.4 Å². The zero-order valence-corrected chi connectivity index (χ0v) is 16.0. The van der Waals surface area contributed by atoms with Crippen molar-refractivity contribution in [3.05, 3.63) is 5.56 Å². The summed E-state index contributed by atoms with van der Waals surface area (Å²) in [5.41, 5.74) is 6.83. The highest BCUT2D eigenvalue weighted by molar-refractivity contribution is 6.01. The summed E-state index contributed by atoms with van der Waals surface area (Å²) in [5, 5.41) is 0. The first-order valence-corrected chi connectivity index (χ1v) is 9.94. The van der Waals surface area contributed by atoms with Crippen LogP contribution in [0.5, 0.6) is 6.01 Å². The molecule has 26 heavy (non-hydrogen) atoms. The van der Waals surface area contributed by atoms with E-state index in [-0.39, 0.29) is 11.9 Å². The highest BCUT2D eigenvalue weighted by atomic mass is 16.5. The number of nitrogens with two attached hydrogens (primary N) is 1. The summed E-state index contributed by atoms with van der Waals surface area (Å²) in [6.45, 7) is 8.93. The molecule has 7 heteroatoms. The number of carbonyl (C=O) groups is 1. The molecule has 0 saturated carbocycles. The molecule has 0 bridgehead atoms. The molecular formula is C19H31N5O2. The van der Waals surface area contributed by atoms with Crippen LogP contribution in [0.25, 0.3) is 0 Å². The molecule has 2 N–H and O–H groups in total. The third-order valence-electron chi connectivity index (χ3n) is 5.19. The molecule has 1 amide bonds. The number of carbonyl (C=O) groups excluding carboxylic acids is 1. The number of fused-ring (bicyclic) bond motifs is 1. The summed E-state index contributed by atoms with van der Waals surface area (Å²) in [6.07, 6.45) is 5.79. The molecule has 144 valence electrons. The van der Waals surface area contributed by atoms with Crippen LogP contribution >= 0.6 is 0 Å². The van der Waals surface area contributed by atoms with Crippen molar-refractivity contribution in [2.45, 2.75) is 52.4 Å². The predicted molar refractivity (Wildman–Crippen MR) is 102 cm³/mol. The molecule has 0 aliphatic carbocycles. The molecule has 1 aromatic rings. The molecule has 7 nitrogen and oxygen atoms in total. The van der Waals surface area contributed by atoms with Crippen molar-refractivity contribution >= 4 is 17.5 Å². The van der Waals surface area contributed by atoms with E-state index in [1.165, 1.54) is 19.4 Å². The number of nitrogen functional groups attached to an aromatic ring is 1. The van der Waals surface area contributed by atoms with Crippen LogP contribution in [0.3, 0.4) is 0 Å². The number of likely N-dealkylation sites (tertiary alicyclic amines) is 1. The average molecular weight is 361 g/mol. The van der Waals surface area contributed by atoms with Gasteiger partial charge in [0.2, 0.25) is 5.91 Å². The Morgan fingerprint density at radius 1 is 1.27 bits per heavy atom. The van der Waals surface area contributed by atoms with Crippen molar-refractivity contribution in [1.82, 2.24) is 14.9 Å². The van der Waals surface area contributed by atoms with Gasteiger partial charge >= 0.3 is 6.01 Å². The van der Waals surface area contributed by atoms with Crippen LogP contribution in [-0.4, -0.2) is 53.6 Å². The first-order valence-electron chi connectivity index (χ1n) is 9.94. The summed E-state index contributed by atoms with van der Waals surface area (Å²) in [5.74, 6) is 1.57. The predicted octanol–water partition coefficient (Wildman–Crippen LogP) is 2.25. The van der Waals surface area contributed by atoms with Gasteiger partial charge in [0.1, 0.15) is 11.6 Å². The normalized spacial score (nSPS) is 20.5. The largest absolute Gasteiger partial charge is 0.463 e. The van der Waals surface area contributed by atoms with Crippen molar-refractivity contribution in [2.24, 2.45) is 5.92 Å². The molecule has 1 atom stereocenters. The number of hydrogen-bond acceptors (Lipinski definition) is 6. The lowest BCUT2D eigenvalue weighted by atomic mass is 9.97. The minimum atomic E-state index is 0.0688. The van der Waals surface area contributed by atoms with Crippen molar-refractivity contribution in [3.63, 3.8) is 0 Å². The second-order valence-corrected chi connectivity index (χ2v) is 7.39. The molecule has 3 heterocycles. The van der Waals surface area contributed by atoms with Crippen molar-refractivity contribution in [3.8, 4) is 6.01 Å². The maximum Gasteiger partial charge on any atom is 0.320 e. The Kier molecular flexibility index (Phi) is 6.29. The monoisotopic (exact) mass is 361 g/mol. The van der Waals surface area contributed by atoms with Crippen LogP contribution in [0.1, 0.15) is 51.5 Å². The summed E-state index contributed by atoms with van der Waals surface area (Å²) >= 11 is 0. The fraction of sp³-hybridized carbons (Fsp3) is 0.737. The third-order valence-corrected chi connectivity index (χ3v) is 5.19. The van der Waals surface area contributed by atoms with Gasteiger partial charge in [0.05, 0.1) is 13.0 Å². The minimum Gasteiger partial charge on any atom is -0.463 e. The quantitative estimate of drug-likeness (QED) is 0.715. The summed E-state index contributed by atoms with van der Waals surface area (Å²) < 4.78 is 5.63.